The molecule has 0 amide bonds. The summed E-state index contributed by atoms with van der Waals surface area (Å²) in [6.07, 6.45) is 4.12. The molecule has 0 saturated heterocycles. The molecule has 0 spiro atoms. The molecule has 0 radical (unpaired) electrons. The molecule has 5 nitrogen and oxygen atoms in total. The first-order chi connectivity index (χ1) is 4.72. The van der Waals surface area contributed by atoms with E-state index in [4.69, 9.17) is 11.6 Å². The standard InChI is InChI=1S/C4H4ClN3O2/c5-4-6-2-1-3-7(4)8(9)10/h1-4H. The molecule has 1 atom stereocenters. The molecule has 10 heavy (non-hydrogen) atoms. The van der Waals surface area contributed by atoms with Crippen LogP contribution in [0.5, 0.6) is 0 Å². The minimum absolute atomic E-state index is 0.620. The molecule has 0 aromatic rings. The normalized spacial score (nSPS) is 23.3. The smallest absolute Gasteiger partial charge is 0.248 e. The largest absolute Gasteiger partial charge is 0.258 e. The number of nitro groups is 1. The second kappa shape index (κ2) is 2.66. The van der Waals surface area contributed by atoms with Crippen molar-refractivity contribution in [1.29, 1.82) is 0 Å². The second-order valence-corrected chi connectivity index (χ2v) is 1.96. The van der Waals surface area contributed by atoms with E-state index in [0.29, 0.717) is 5.01 Å². The lowest BCUT2D eigenvalue weighted by Gasteiger charge is -2.13. The van der Waals surface area contributed by atoms with Gasteiger partial charge in [0.1, 0.15) is 0 Å². The third-order valence-electron chi connectivity index (χ3n) is 0.941. The highest BCUT2D eigenvalue weighted by Gasteiger charge is 2.21. The van der Waals surface area contributed by atoms with Gasteiger partial charge in [0, 0.05) is 6.21 Å². The Kier molecular flexibility index (Phi) is 1.86. The van der Waals surface area contributed by atoms with Crippen molar-refractivity contribution < 1.29 is 5.03 Å². The average molecular weight is 162 g/mol. The van der Waals surface area contributed by atoms with Crippen molar-refractivity contribution in [3.63, 3.8) is 0 Å². The van der Waals surface area contributed by atoms with Crippen LogP contribution in [0.4, 0.5) is 0 Å². The lowest BCUT2D eigenvalue weighted by Crippen LogP contribution is -2.31. The Morgan fingerprint density at radius 3 is 2.90 bits per heavy atom. The molecule has 1 aliphatic rings. The van der Waals surface area contributed by atoms with Gasteiger partial charge in [0.05, 0.1) is 6.20 Å². The average Bonchev–Trinajstić information content (AvgIpc) is 1.88. The third-order valence-corrected chi connectivity index (χ3v) is 1.25. The Balaban J connectivity index is 2.70. The Morgan fingerprint density at radius 2 is 2.50 bits per heavy atom. The first-order valence-corrected chi connectivity index (χ1v) is 2.92. The van der Waals surface area contributed by atoms with Gasteiger partial charge in [-0.2, -0.15) is 0 Å². The Labute approximate surface area is 61.7 Å². The predicted molar refractivity (Wildman–Crippen MR) is 36.1 cm³/mol. The first-order valence-electron chi connectivity index (χ1n) is 2.48. The van der Waals surface area contributed by atoms with Gasteiger partial charge in [-0.25, -0.2) is 15.1 Å². The van der Waals surface area contributed by atoms with Gasteiger partial charge in [-0.15, -0.1) is 0 Å². The minimum atomic E-state index is -0.917. The number of aliphatic imine (C=N–C) groups is 1. The molecule has 0 aromatic carbocycles. The van der Waals surface area contributed by atoms with E-state index in [1.54, 1.807) is 0 Å². The van der Waals surface area contributed by atoms with Gasteiger partial charge in [-0.3, -0.25) is 0 Å². The Morgan fingerprint density at radius 1 is 1.80 bits per heavy atom. The molecule has 0 bridgehead atoms. The van der Waals surface area contributed by atoms with Gasteiger partial charge in [-0.05, 0) is 6.08 Å². The van der Waals surface area contributed by atoms with Gasteiger partial charge in [0.2, 0.25) is 0 Å². The highest BCUT2D eigenvalue weighted by atomic mass is 35.5. The fourth-order valence-electron chi connectivity index (χ4n) is 0.519. The van der Waals surface area contributed by atoms with Crippen LogP contribution in [0, 0.1) is 10.1 Å². The van der Waals surface area contributed by atoms with Gasteiger partial charge >= 0.3 is 0 Å². The maximum absolute atomic E-state index is 10.1. The highest BCUT2D eigenvalue weighted by molar-refractivity contribution is 6.20. The third kappa shape index (κ3) is 1.24. The SMILES string of the molecule is O=[N+]([O-])N1C=CC=NC1Cl. The number of hydrogen-bond acceptors (Lipinski definition) is 3. The van der Waals surface area contributed by atoms with E-state index in [0.717, 1.165) is 0 Å². The molecule has 1 unspecified atom stereocenters. The summed E-state index contributed by atoms with van der Waals surface area (Å²) in [6.45, 7) is 0. The fraction of sp³-hybridized carbons (Fsp3) is 0.250. The molecule has 1 rings (SSSR count). The van der Waals surface area contributed by atoms with Gasteiger partial charge in [-0.1, -0.05) is 16.6 Å². The number of hydrazine groups is 1. The van der Waals surface area contributed by atoms with Crippen molar-refractivity contribution in [2.75, 3.05) is 0 Å². The van der Waals surface area contributed by atoms with Gasteiger partial charge in [0.25, 0.3) is 5.62 Å². The summed E-state index contributed by atoms with van der Waals surface area (Å²) in [4.78, 5) is 13.7. The quantitative estimate of drug-likeness (QED) is 0.245. The Bertz CT molecular complexity index is 203. The maximum Gasteiger partial charge on any atom is 0.258 e. The number of allylic oxidation sites excluding steroid dienone is 1. The maximum atomic E-state index is 10.1. The van der Waals surface area contributed by atoms with Crippen LogP contribution in [0.25, 0.3) is 0 Å². The zero-order valence-corrected chi connectivity index (χ0v) is 5.60. The molecular formula is C4H4ClN3O2. The summed E-state index contributed by atoms with van der Waals surface area (Å²) in [5, 5.41) is 10.2. The molecule has 0 N–H and O–H groups in total. The van der Waals surface area contributed by atoms with E-state index in [1.165, 1.54) is 18.5 Å². The first kappa shape index (κ1) is 7.01. The summed E-state index contributed by atoms with van der Waals surface area (Å²) in [7, 11) is 0. The number of halogens is 1. The number of rotatable bonds is 1. The fourth-order valence-corrected chi connectivity index (χ4v) is 0.720. The molecule has 0 fully saturated rings. The minimum Gasteiger partial charge on any atom is -0.248 e. The zero-order valence-electron chi connectivity index (χ0n) is 4.85. The molecule has 6 heteroatoms. The predicted octanol–water partition coefficient (Wildman–Crippen LogP) is 0.601. The van der Waals surface area contributed by atoms with E-state index in [9.17, 15) is 10.1 Å². The van der Waals surface area contributed by atoms with E-state index in [2.05, 4.69) is 4.99 Å². The van der Waals surface area contributed by atoms with E-state index in [-0.39, 0.29) is 0 Å². The number of alkyl halides is 1. The molecule has 54 valence electrons. The second-order valence-electron chi connectivity index (χ2n) is 1.57. The van der Waals surface area contributed by atoms with Crippen molar-refractivity contribution in [3.05, 3.63) is 22.4 Å². The molecule has 1 aliphatic heterocycles. The number of hydrogen-bond donors (Lipinski definition) is 0. The molecule has 0 aliphatic carbocycles. The summed E-state index contributed by atoms with van der Waals surface area (Å²) in [5.41, 5.74) is -0.917. The van der Waals surface area contributed by atoms with E-state index >= 15 is 0 Å². The molecule has 0 saturated carbocycles. The van der Waals surface area contributed by atoms with Crippen LogP contribution in [0.3, 0.4) is 0 Å². The van der Waals surface area contributed by atoms with Crippen LogP contribution in [0.1, 0.15) is 0 Å². The van der Waals surface area contributed by atoms with E-state index < -0.39 is 10.7 Å². The monoisotopic (exact) mass is 161 g/mol. The molecule has 1 heterocycles. The molecule has 0 aromatic heterocycles. The van der Waals surface area contributed by atoms with Crippen LogP contribution >= 0.6 is 11.6 Å². The van der Waals surface area contributed by atoms with Crippen LogP contribution < -0.4 is 0 Å². The van der Waals surface area contributed by atoms with Crippen LogP contribution in [-0.2, 0) is 0 Å². The Hall–Kier alpha value is -1.10. The van der Waals surface area contributed by atoms with Crippen molar-refractivity contribution in [2.45, 2.75) is 5.62 Å². The van der Waals surface area contributed by atoms with Crippen molar-refractivity contribution in [2.24, 2.45) is 4.99 Å². The van der Waals surface area contributed by atoms with Gasteiger partial charge in [0.15, 0.2) is 5.03 Å². The highest BCUT2D eigenvalue weighted by Crippen LogP contribution is 2.09. The van der Waals surface area contributed by atoms with Crippen molar-refractivity contribution in [3.8, 4) is 0 Å². The van der Waals surface area contributed by atoms with Gasteiger partial charge < -0.3 is 0 Å². The topological polar surface area (TPSA) is 58.7 Å². The lowest BCUT2D eigenvalue weighted by atomic mass is 10.6. The van der Waals surface area contributed by atoms with Crippen LogP contribution in [0.15, 0.2) is 17.3 Å². The summed E-state index contributed by atoms with van der Waals surface area (Å²) < 4.78 is 0. The van der Waals surface area contributed by atoms with E-state index in [1.807, 2.05) is 0 Å². The van der Waals surface area contributed by atoms with Crippen molar-refractivity contribution >= 4 is 17.8 Å². The molecular weight excluding hydrogens is 158 g/mol. The zero-order chi connectivity index (χ0) is 7.56. The summed E-state index contributed by atoms with van der Waals surface area (Å²) in [5.74, 6) is 0. The summed E-state index contributed by atoms with van der Waals surface area (Å²) >= 11 is 5.41. The number of nitrogens with zero attached hydrogens (tertiary/aromatic N) is 3. The summed E-state index contributed by atoms with van der Waals surface area (Å²) in [6, 6.07) is 0. The van der Waals surface area contributed by atoms with Crippen LogP contribution in [0.2, 0.25) is 0 Å². The van der Waals surface area contributed by atoms with Crippen molar-refractivity contribution in [1.82, 2.24) is 5.01 Å². The van der Waals surface area contributed by atoms with Crippen LogP contribution in [-0.4, -0.2) is 21.9 Å². The lowest BCUT2D eigenvalue weighted by molar-refractivity contribution is -0.643.